The summed E-state index contributed by atoms with van der Waals surface area (Å²) < 4.78 is 30.5. The van der Waals surface area contributed by atoms with E-state index in [0.29, 0.717) is 6.54 Å². The van der Waals surface area contributed by atoms with Gasteiger partial charge in [-0.2, -0.15) is 12.7 Å². The van der Waals surface area contributed by atoms with Gasteiger partial charge in [-0.3, -0.25) is 0 Å². The first-order valence-corrected chi connectivity index (χ1v) is 6.37. The van der Waals surface area contributed by atoms with E-state index in [4.69, 9.17) is 5.73 Å². The Hall–Kier alpha value is -0.860. The quantitative estimate of drug-likeness (QED) is 0.664. The van der Waals surface area contributed by atoms with Crippen LogP contribution < -0.4 is 10.5 Å². The lowest BCUT2D eigenvalue weighted by Gasteiger charge is -2.22. The molecule has 0 spiro atoms. The zero-order valence-electron chi connectivity index (χ0n) is 9.76. The van der Waals surface area contributed by atoms with Gasteiger partial charge in [0, 0.05) is 13.1 Å². The van der Waals surface area contributed by atoms with Crippen LogP contribution in [0, 0.1) is 5.92 Å². The third kappa shape index (κ3) is 4.77. The summed E-state index contributed by atoms with van der Waals surface area (Å²) in [7, 11) is -2.73. The van der Waals surface area contributed by atoms with E-state index in [1.54, 1.807) is 11.6 Å². The molecule has 1 atom stereocenters. The molecule has 0 aromatic carbocycles. The monoisotopic (exact) mass is 253 g/mol. The van der Waals surface area contributed by atoms with Gasteiger partial charge in [0.25, 0.3) is 0 Å². The van der Waals surface area contributed by atoms with Crippen molar-refractivity contribution in [3.8, 4) is 0 Å². The lowest BCUT2D eigenvalue weighted by Crippen LogP contribution is -2.45. The Morgan fingerprint density at radius 2 is 2.12 bits per heavy atom. The van der Waals surface area contributed by atoms with Gasteiger partial charge < -0.3 is 10.5 Å². The predicted molar refractivity (Wildman–Crippen MR) is 59.9 cm³/mol. The zero-order chi connectivity index (χ0) is 12.8. The Bertz CT molecular complexity index is 317. The van der Waals surface area contributed by atoms with Crippen LogP contribution in [0.3, 0.4) is 0 Å². The maximum Gasteiger partial charge on any atom is 0.421 e. The van der Waals surface area contributed by atoms with E-state index in [9.17, 15) is 13.2 Å². The molecule has 1 unspecified atom stereocenters. The Kier molecular flexibility index (Phi) is 6.31. The molecule has 0 saturated carbocycles. The number of hydrogen-bond acceptors (Lipinski definition) is 5. The number of rotatable bonds is 6. The Labute approximate surface area is 96.1 Å². The molecule has 7 nitrogen and oxygen atoms in total. The molecule has 0 aromatic heterocycles. The highest BCUT2D eigenvalue weighted by Crippen LogP contribution is 2.03. The predicted octanol–water partition coefficient (Wildman–Crippen LogP) is -0.496. The van der Waals surface area contributed by atoms with Crippen LogP contribution >= 0.6 is 0 Å². The molecule has 0 bridgehead atoms. The van der Waals surface area contributed by atoms with Crippen molar-refractivity contribution in [2.75, 3.05) is 26.7 Å². The summed E-state index contributed by atoms with van der Waals surface area (Å²) in [5.41, 5.74) is 5.41. The average molecular weight is 253 g/mol. The van der Waals surface area contributed by atoms with Crippen LogP contribution in [0.25, 0.3) is 0 Å². The first-order chi connectivity index (χ1) is 7.37. The van der Waals surface area contributed by atoms with Gasteiger partial charge in [-0.1, -0.05) is 13.8 Å². The molecule has 0 aliphatic carbocycles. The highest BCUT2D eigenvalue weighted by atomic mass is 32.2. The van der Waals surface area contributed by atoms with E-state index >= 15 is 0 Å². The lowest BCUT2D eigenvalue weighted by atomic mass is 10.2. The van der Waals surface area contributed by atoms with E-state index < -0.39 is 16.3 Å². The molecule has 1 amide bonds. The SMILES string of the molecule is CCN(CC(C)CN)S(=O)(=O)NC(=O)OC. The van der Waals surface area contributed by atoms with Crippen molar-refractivity contribution in [1.29, 1.82) is 0 Å². The second kappa shape index (κ2) is 6.66. The molecule has 0 aliphatic rings. The van der Waals surface area contributed by atoms with Crippen molar-refractivity contribution < 1.29 is 17.9 Å². The number of carbonyl (C=O) groups is 1. The number of amides is 1. The summed E-state index contributed by atoms with van der Waals surface area (Å²) in [5.74, 6) is 0.0224. The molecule has 3 N–H and O–H groups in total. The van der Waals surface area contributed by atoms with Gasteiger partial charge in [0.1, 0.15) is 0 Å². The third-order valence-electron chi connectivity index (χ3n) is 2.01. The minimum Gasteiger partial charge on any atom is -0.452 e. The highest BCUT2D eigenvalue weighted by Gasteiger charge is 2.24. The number of methoxy groups -OCH3 is 1. The molecule has 0 radical (unpaired) electrons. The van der Waals surface area contributed by atoms with E-state index in [2.05, 4.69) is 4.74 Å². The number of ether oxygens (including phenoxy) is 1. The summed E-state index contributed by atoms with van der Waals surface area (Å²) in [5, 5.41) is 0. The smallest absolute Gasteiger partial charge is 0.421 e. The van der Waals surface area contributed by atoms with Gasteiger partial charge in [-0.05, 0) is 12.5 Å². The Morgan fingerprint density at radius 3 is 2.50 bits per heavy atom. The average Bonchev–Trinajstić information content (AvgIpc) is 2.24. The number of hydrogen-bond donors (Lipinski definition) is 2. The fraction of sp³-hybridized carbons (Fsp3) is 0.875. The van der Waals surface area contributed by atoms with Crippen LogP contribution in [0.15, 0.2) is 0 Å². The van der Waals surface area contributed by atoms with Crippen molar-refractivity contribution >= 4 is 16.3 Å². The van der Waals surface area contributed by atoms with Crippen molar-refractivity contribution in [2.45, 2.75) is 13.8 Å². The fourth-order valence-corrected chi connectivity index (χ4v) is 2.24. The molecule has 0 aliphatic heterocycles. The van der Waals surface area contributed by atoms with Crippen LogP contribution in [0.1, 0.15) is 13.8 Å². The van der Waals surface area contributed by atoms with Crippen molar-refractivity contribution in [3.63, 3.8) is 0 Å². The van der Waals surface area contributed by atoms with E-state index in [1.807, 2.05) is 6.92 Å². The van der Waals surface area contributed by atoms with Gasteiger partial charge in [-0.25, -0.2) is 9.52 Å². The minimum absolute atomic E-state index is 0.0224. The van der Waals surface area contributed by atoms with Crippen molar-refractivity contribution in [2.24, 2.45) is 11.7 Å². The van der Waals surface area contributed by atoms with E-state index in [0.717, 1.165) is 11.4 Å². The second-order valence-electron chi connectivity index (χ2n) is 3.39. The maximum absolute atomic E-state index is 11.7. The first kappa shape index (κ1) is 15.1. The maximum atomic E-state index is 11.7. The van der Waals surface area contributed by atoms with Crippen LogP contribution in [0.4, 0.5) is 4.79 Å². The van der Waals surface area contributed by atoms with Crippen molar-refractivity contribution in [1.82, 2.24) is 9.03 Å². The summed E-state index contributed by atoms with van der Waals surface area (Å²) in [6.07, 6.45) is -1.00. The topological polar surface area (TPSA) is 102 Å². The van der Waals surface area contributed by atoms with E-state index in [-0.39, 0.29) is 19.0 Å². The normalized spacial score (nSPS) is 13.6. The molecule has 16 heavy (non-hydrogen) atoms. The van der Waals surface area contributed by atoms with Crippen LogP contribution in [0.5, 0.6) is 0 Å². The van der Waals surface area contributed by atoms with Crippen molar-refractivity contribution in [3.05, 3.63) is 0 Å². The summed E-state index contributed by atoms with van der Waals surface area (Å²) in [6.45, 7) is 4.41. The molecule has 96 valence electrons. The van der Waals surface area contributed by atoms with Crippen LogP contribution in [0.2, 0.25) is 0 Å². The van der Waals surface area contributed by atoms with E-state index in [1.165, 1.54) is 0 Å². The highest BCUT2D eigenvalue weighted by molar-refractivity contribution is 7.87. The zero-order valence-corrected chi connectivity index (χ0v) is 10.6. The summed E-state index contributed by atoms with van der Waals surface area (Å²) in [4.78, 5) is 10.8. The minimum atomic E-state index is -3.84. The summed E-state index contributed by atoms with van der Waals surface area (Å²) in [6, 6.07) is 0. The largest absolute Gasteiger partial charge is 0.452 e. The number of nitrogens with one attached hydrogen (secondary N) is 1. The molecule has 0 rings (SSSR count). The second-order valence-corrected chi connectivity index (χ2v) is 5.06. The summed E-state index contributed by atoms with van der Waals surface area (Å²) >= 11 is 0. The Morgan fingerprint density at radius 1 is 1.56 bits per heavy atom. The van der Waals surface area contributed by atoms with Gasteiger partial charge in [-0.15, -0.1) is 0 Å². The Balaban J connectivity index is 4.61. The first-order valence-electron chi connectivity index (χ1n) is 4.93. The van der Waals surface area contributed by atoms with Gasteiger partial charge in [0.05, 0.1) is 7.11 Å². The number of carbonyl (C=O) groups excluding carboxylic acids is 1. The molecule has 0 aromatic rings. The lowest BCUT2D eigenvalue weighted by molar-refractivity contribution is 0.176. The number of nitrogens with two attached hydrogens (primary N) is 1. The molecule has 0 heterocycles. The molecule has 0 saturated heterocycles. The molecular weight excluding hydrogens is 234 g/mol. The van der Waals surface area contributed by atoms with Gasteiger partial charge in [0.2, 0.25) is 0 Å². The molecule has 0 fully saturated rings. The number of nitrogens with zero attached hydrogens (tertiary/aromatic N) is 1. The van der Waals surface area contributed by atoms with Gasteiger partial charge >= 0.3 is 16.3 Å². The molecule has 8 heteroatoms. The van der Waals surface area contributed by atoms with Crippen LogP contribution in [-0.4, -0.2) is 45.6 Å². The van der Waals surface area contributed by atoms with Gasteiger partial charge in [0.15, 0.2) is 0 Å². The standard InChI is InChI=1S/C8H19N3O4S/c1-4-11(6-7(2)5-9)16(13,14)10-8(12)15-3/h7H,4-6,9H2,1-3H3,(H,10,12). The van der Waals surface area contributed by atoms with Crippen LogP contribution in [-0.2, 0) is 14.9 Å². The molecular formula is C8H19N3O4S. The third-order valence-corrected chi connectivity index (χ3v) is 3.52. The fourth-order valence-electron chi connectivity index (χ4n) is 1.03.